The van der Waals surface area contributed by atoms with Crippen LogP contribution in [0.3, 0.4) is 0 Å². The number of hydrogen-bond acceptors (Lipinski definition) is 0. The molecule has 0 aromatic heterocycles. The number of rotatable bonds is 2. The SMILES string of the molecule is CC=Cc1ccc([Si](C)(C)C)cc1. The largest absolute Gasteiger partial charge is 0.0871 e. The molecule has 0 amide bonds. The van der Waals surface area contributed by atoms with Gasteiger partial charge in [0, 0.05) is 0 Å². The molecule has 0 saturated heterocycles. The standard InChI is InChI=1S/C12H18Si/c1-5-6-11-7-9-12(10-8-11)13(2,3)4/h5-10H,1-4H3. The molecule has 1 aromatic carbocycles. The summed E-state index contributed by atoms with van der Waals surface area (Å²) in [4.78, 5) is 0. The molecule has 0 spiro atoms. The highest BCUT2D eigenvalue weighted by Gasteiger charge is 2.14. The fraction of sp³-hybridized carbons (Fsp3) is 0.333. The maximum atomic E-state index is 2.37. The van der Waals surface area contributed by atoms with E-state index >= 15 is 0 Å². The number of hydrogen-bond donors (Lipinski definition) is 0. The second kappa shape index (κ2) is 3.92. The van der Waals surface area contributed by atoms with E-state index in [4.69, 9.17) is 0 Å². The third-order valence-electron chi connectivity index (χ3n) is 2.14. The summed E-state index contributed by atoms with van der Waals surface area (Å²) in [5.74, 6) is 0. The second-order valence-electron chi connectivity index (χ2n) is 4.37. The summed E-state index contributed by atoms with van der Waals surface area (Å²) in [5.41, 5.74) is 1.30. The van der Waals surface area contributed by atoms with Gasteiger partial charge in [-0.05, 0) is 12.5 Å². The summed E-state index contributed by atoms with van der Waals surface area (Å²) in [6.07, 6.45) is 4.21. The van der Waals surface area contributed by atoms with E-state index in [2.05, 4.69) is 56.1 Å². The third kappa shape index (κ3) is 2.85. The first-order chi connectivity index (χ1) is 6.04. The van der Waals surface area contributed by atoms with Gasteiger partial charge in [-0.1, -0.05) is 61.2 Å². The predicted molar refractivity (Wildman–Crippen MR) is 64.1 cm³/mol. The van der Waals surface area contributed by atoms with Gasteiger partial charge in [0.15, 0.2) is 0 Å². The van der Waals surface area contributed by atoms with Crippen molar-refractivity contribution in [2.45, 2.75) is 26.6 Å². The first kappa shape index (κ1) is 10.3. The van der Waals surface area contributed by atoms with Crippen LogP contribution in [0.4, 0.5) is 0 Å². The fourth-order valence-electron chi connectivity index (χ4n) is 1.29. The van der Waals surface area contributed by atoms with Crippen molar-refractivity contribution in [1.29, 1.82) is 0 Å². The summed E-state index contributed by atoms with van der Waals surface area (Å²) >= 11 is 0. The van der Waals surface area contributed by atoms with E-state index in [0.29, 0.717) is 0 Å². The summed E-state index contributed by atoms with van der Waals surface area (Å²) in [6, 6.07) is 8.93. The minimum Gasteiger partial charge on any atom is -0.0871 e. The average molecular weight is 190 g/mol. The molecule has 0 aliphatic carbocycles. The van der Waals surface area contributed by atoms with Crippen molar-refractivity contribution in [3.05, 3.63) is 35.9 Å². The lowest BCUT2D eigenvalue weighted by molar-refractivity contribution is 1.64. The van der Waals surface area contributed by atoms with E-state index in [-0.39, 0.29) is 0 Å². The molecule has 1 rings (SSSR count). The van der Waals surface area contributed by atoms with Crippen molar-refractivity contribution in [2.24, 2.45) is 0 Å². The van der Waals surface area contributed by atoms with E-state index in [1.54, 1.807) is 0 Å². The van der Waals surface area contributed by atoms with Gasteiger partial charge in [0.05, 0.1) is 8.07 Å². The van der Waals surface area contributed by atoms with Gasteiger partial charge in [-0.15, -0.1) is 0 Å². The molecule has 0 nitrogen and oxygen atoms in total. The van der Waals surface area contributed by atoms with Crippen LogP contribution in [0.5, 0.6) is 0 Å². The molecule has 0 aliphatic rings. The molecule has 70 valence electrons. The quantitative estimate of drug-likeness (QED) is 0.628. The fourth-order valence-corrected chi connectivity index (χ4v) is 2.45. The Morgan fingerprint density at radius 1 is 1.00 bits per heavy atom. The minimum absolute atomic E-state index is 1.10. The lowest BCUT2D eigenvalue weighted by atomic mass is 10.2. The number of allylic oxidation sites excluding steroid dienone is 1. The highest BCUT2D eigenvalue weighted by atomic mass is 28.3. The summed E-state index contributed by atoms with van der Waals surface area (Å²) in [5, 5.41) is 1.53. The van der Waals surface area contributed by atoms with Crippen LogP contribution in [0.1, 0.15) is 12.5 Å². The van der Waals surface area contributed by atoms with Crippen LogP contribution in [0.25, 0.3) is 6.08 Å². The zero-order valence-corrected chi connectivity index (χ0v) is 9.96. The van der Waals surface area contributed by atoms with Crippen LogP contribution in [-0.2, 0) is 0 Å². The molecule has 0 aliphatic heterocycles. The zero-order chi connectivity index (χ0) is 9.90. The van der Waals surface area contributed by atoms with Gasteiger partial charge in [-0.3, -0.25) is 0 Å². The molecule has 0 unspecified atom stereocenters. The summed E-state index contributed by atoms with van der Waals surface area (Å²) in [7, 11) is -1.10. The van der Waals surface area contributed by atoms with Crippen molar-refractivity contribution < 1.29 is 0 Å². The Kier molecular flexibility index (Phi) is 3.10. The van der Waals surface area contributed by atoms with Crippen LogP contribution in [-0.4, -0.2) is 8.07 Å². The van der Waals surface area contributed by atoms with Gasteiger partial charge in [-0.25, -0.2) is 0 Å². The Labute approximate surface area is 82.3 Å². The van der Waals surface area contributed by atoms with Crippen LogP contribution in [0.15, 0.2) is 30.3 Å². The topological polar surface area (TPSA) is 0 Å². The summed E-state index contributed by atoms with van der Waals surface area (Å²) in [6.45, 7) is 9.17. The molecular formula is C12H18Si. The Balaban J connectivity index is 2.94. The van der Waals surface area contributed by atoms with Crippen LogP contribution < -0.4 is 5.19 Å². The van der Waals surface area contributed by atoms with Gasteiger partial charge in [-0.2, -0.15) is 0 Å². The molecule has 0 bridgehead atoms. The molecule has 0 N–H and O–H groups in total. The van der Waals surface area contributed by atoms with Crippen molar-refractivity contribution in [3.63, 3.8) is 0 Å². The first-order valence-corrected chi connectivity index (χ1v) is 8.27. The normalized spacial score (nSPS) is 12.3. The third-order valence-corrected chi connectivity index (χ3v) is 4.20. The lowest BCUT2D eigenvalue weighted by Gasteiger charge is -2.16. The van der Waals surface area contributed by atoms with Gasteiger partial charge in [0.2, 0.25) is 0 Å². The van der Waals surface area contributed by atoms with E-state index < -0.39 is 8.07 Å². The summed E-state index contributed by atoms with van der Waals surface area (Å²) < 4.78 is 0. The molecule has 0 fully saturated rings. The van der Waals surface area contributed by atoms with E-state index in [1.807, 2.05) is 6.92 Å². The van der Waals surface area contributed by atoms with Crippen molar-refractivity contribution in [3.8, 4) is 0 Å². The molecule has 0 heterocycles. The van der Waals surface area contributed by atoms with Gasteiger partial charge in [0.25, 0.3) is 0 Å². The van der Waals surface area contributed by atoms with Gasteiger partial charge in [0.1, 0.15) is 0 Å². The molecule has 0 saturated carbocycles. The molecular weight excluding hydrogens is 172 g/mol. The predicted octanol–water partition coefficient (Wildman–Crippen LogP) is 3.26. The molecule has 0 atom stereocenters. The number of benzene rings is 1. The molecule has 13 heavy (non-hydrogen) atoms. The Morgan fingerprint density at radius 3 is 1.92 bits per heavy atom. The second-order valence-corrected chi connectivity index (χ2v) is 9.45. The van der Waals surface area contributed by atoms with E-state index in [0.717, 1.165) is 0 Å². The highest BCUT2D eigenvalue weighted by molar-refractivity contribution is 6.88. The van der Waals surface area contributed by atoms with Crippen molar-refractivity contribution in [2.75, 3.05) is 0 Å². The van der Waals surface area contributed by atoms with Crippen LogP contribution >= 0.6 is 0 Å². The van der Waals surface area contributed by atoms with Crippen LogP contribution in [0.2, 0.25) is 19.6 Å². The average Bonchev–Trinajstić information content (AvgIpc) is 2.04. The van der Waals surface area contributed by atoms with Crippen LogP contribution in [0, 0.1) is 0 Å². The molecule has 0 radical (unpaired) electrons. The van der Waals surface area contributed by atoms with E-state index in [1.165, 1.54) is 10.8 Å². The monoisotopic (exact) mass is 190 g/mol. The molecule has 1 heteroatoms. The van der Waals surface area contributed by atoms with Crippen molar-refractivity contribution >= 4 is 19.3 Å². The molecule has 1 aromatic rings. The maximum Gasteiger partial charge on any atom is 0.0775 e. The Morgan fingerprint density at radius 2 is 1.54 bits per heavy atom. The Hall–Kier alpha value is -0.823. The van der Waals surface area contributed by atoms with Gasteiger partial charge >= 0.3 is 0 Å². The Bertz CT molecular complexity index is 288. The van der Waals surface area contributed by atoms with E-state index in [9.17, 15) is 0 Å². The van der Waals surface area contributed by atoms with Gasteiger partial charge < -0.3 is 0 Å². The first-order valence-electron chi connectivity index (χ1n) is 4.77. The van der Waals surface area contributed by atoms with Crippen molar-refractivity contribution in [1.82, 2.24) is 0 Å². The smallest absolute Gasteiger partial charge is 0.0775 e. The minimum atomic E-state index is -1.10. The highest BCUT2D eigenvalue weighted by Crippen LogP contribution is 2.05. The lowest BCUT2D eigenvalue weighted by Crippen LogP contribution is -2.37. The zero-order valence-electron chi connectivity index (χ0n) is 8.96. The maximum absolute atomic E-state index is 2.37.